The number of carbonyl (C=O) groups is 2. The predicted molar refractivity (Wildman–Crippen MR) is 108 cm³/mol. The topological polar surface area (TPSA) is 97.6 Å². The van der Waals surface area contributed by atoms with Gasteiger partial charge in [0.25, 0.3) is 0 Å². The van der Waals surface area contributed by atoms with Gasteiger partial charge in [-0.3, -0.25) is 4.79 Å². The molecule has 3 N–H and O–H groups in total. The third-order valence-electron chi connectivity index (χ3n) is 7.84. The summed E-state index contributed by atoms with van der Waals surface area (Å²) >= 11 is 0. The second kappa shape index (κ2) is 7.52. The number of alkyl halides is 3. The molecule has 6 rings (SSSR count). The monoisotopic (exact) mass is 452 g/mol. The van der Waals surface area contributed by atoms with Crippen LogP contribution in [0.5, 0.6) is 0 Å². The van der Waals surface area contributed by atoms with E-state index in [4.69, 9.17) is 10.5 Å². The van der Waals surface area contributed by atoms with Crippen LogP contribution in [0.4, 0.5) is 23.8 Å². The molecular formula is C22H27F3N4O3. The van der Waals surface area contributed by atoms with Gasteiger partial charge in [0.2, 0.25) is 5.91 Å². The van der Waals surface area contributed by atoms with E-state index in [1.807, 2.05) is 0 Å². The van der Waals surface area contributed by atoms with Crippen molar-refractivity contribution in [2.45, 2.75) is 56.8 Å². The Morgan fingerprint density at radius 1 is 1.19 bits per heavy atom. The van der Waals surface area contributed by atoms with Gasteiger partial charge in [-0.15, -0.1) is 0 Å². The Bertz CT molecular complexity index is 891. The van der Waals surface area contributed by atoms with Crippen LogP contribution in [0.15, 0.2) is 18.3 Å². The lowest BCUT2D eigenvalue weighted by Gasteiger charge is -2.58. The van der Waals surface area contributed by atoms with E-state index < -0.39 is 17.2 Å². The zero-order valence-electron chi connectivity index (χ0n) is 17.6. The fourth-order valence-electron chi connectivity index (χ4n) is 6.56. The smallest absolute Gasteiger partial charge is 0.417 e. The van der Waals surface area contributed by atoms with Gasteiger partial charge in [-0.1, -0.05) is 0 Å². The Labute approximate surface area is 183 Å². The third kappa shape index (κ3) is 3.77. The highest BCUT2D eigenvalue weighted by Gasteiger charge is 2.59. The van der Waals surface area contributed by atoms with Gasteiger partial charge in [0.1, 0.15) is 11.9 Å². The van der Waals surface area contributed by atoms with Crippen LogP contribution >= 0.6 is 0 Å². The van der Waals surface area contributed by atoms with E-state index in [1.54, 1.807) is 4.90 Å². The molecule has 0 spiro atoms. The minimum absolute atomic E-state index is 0.108. The molecule has 32 heavy (non-hydrogen) atoms. The maximum Gasteiger partial charge on any atom is 0.417 e. The van der Waals surface area contributed by atoms with Crippen LogP contribution in [0.25, 0.3) is 0 Å². The molecule has 5 aliphatic rings. The van der Waals surface area contributed by atoms with E-state index in [-0.39, 0.29) is 36.0 Å². The van der Waals surface area contributed by atoms with Crippen molar-refractivity contribution >= 4 is 17.8 Å². The van der Waals surface area contributed by atoms with Crippen LogP contribution in [0, 0.1) is 23.2 Å². The highest BCUT2D eigenvalue weighted by molar-refractivity contribution is 5.81. The summed E-state index contributed by atoms with van der Waals surface area (Å²) in [5, 5.41) is 3.10. The number of hydrogen-bond donors (Lipinski definition) is 2. The lowest BCUT2D eigenvalue weighted by Crippen LogP contribution is -2.59. The number of ether oxygens (including phenoxy) is 1. The van der Waals surface area contributed by atoms with Crippen LogP contribution in [-0.4, -0.2) is 47.1 Å². The maximum absolute atomic E-state index is 12.8. The fraction of sp³-hybridized carbons (Fsp3) is 0.682. The highest BCUT2D eigenvalue weighted by Crippen LogP contribution is 2.60. The number of anilines is 1. The van der Waals surface area contributed by atoms with Crippen LogP contribution in [-0.2, 0) is 15.7 Å². The van der Waals surface area contributed by atoms with E-state index in [1.165, 1.54) is 6.07 Å². The van der Waals surface area contributed by atoms with Crippen molar-refractivity contribution in [1.29, 1.82) is 0 Å². The van der Waals surface area contributed by atoms with Gasteiger partial charge in [-0.05, 0) is 68.4 Å². The number of hydrogen-bond acceptors (Lipinski definition) is 5. The molecule has 2 unspecified atom stereocenters. The van der Waals surface area contributed by atoms with Crippen molar-refractivity contribution in [2.75, 3.05) is 18.4 Å². The first-order valence-electron chi connectivity index (χ1n) is 11.2. The van der Waals surface area contributed by atoms with E-state index in [0.717, 1.165) is 31.5 Å². The highest BCUT2D eigenvalue weighted by atomic mass is 19.4. The maximum atomic E-state index is 12.8. The molecular weight excluding hydrogens is 425 g/mol. The van der Waals surface area contributed by atoms with Crippen molar-refractivity contribution in [3.8, 4) is 0 Å². The standard InChI is InChI=1S/C22H27F3N4O3/c23-22(24,25)15-1-2-17(27-10-15)28-16-3-4-29(11-16)20(31)32-18-13-5-12-6-14(18)9-21(7-12,8-13)19(26)30/h1-2,10,12-14,16,18H,3-9,11H2,(H2,26,30)(H,27,28)/t12?,13?,14?,16-,18?,21?/m0/s1. The molecule has 0 radical (unpaired) electrons. The number of aromatic nitrogens is 1. The molecule has 1 aromatic heterocycles. The van der Waals surface area contributed by atoms with Gasteiger partial charge < -0.3 is 20.7 Å². The molecule has 7 nitrogen and oxygen atoms in total. The van der Waals surface area contributed by atoms with Crippen LogP contribution in [0.2, 0.25) is 0 Å². The number of rotatable bonds is 4. The quantitative estimate of drug-likeness (QED) is 0.730. The molecule has 1 aliphatic heterocycles. The number of nitrogens with two attached hydrogens (primary N) is 1. The van der Waals surface area contributed by atoms with Crippen molar-refractivity contribution < 1.29 is 27.5 Å². The van der Waals surface area contributed by atoms with Crippen LogP contribution < -0.4 is 11.1 Å². The number of carbonyl (C=O) groups excluding carboxylic acids is 2. The second-order valence-electron chi connectivity index (χ2n) is 9.97. The molecule has 1 aromatic rings. The second-order valence-corrected chi connectivity index (χ2v) is 9.97. The third-order valence-corrected chi connectivity index (χ3v) is 7.84. The Balaban J connectivity index is 1.16. The van der Waals surface area contributed by atoms with Crippen molar-refractivity contribution in [2.24, 2.45) is 28.9 Å². The summed E-state index contributed by atoms with van der Waals surface area (Å²) in [5.74, 6) is 0.991. The van der Waals surface area contributed by atoms with Gasteiger partial charge in [0.05, 0.1) is 11.0 Å². The minimum Gasteiger partial charge on any atom is -0.446 e. The van der Waals surface area contributed by atoms with Crippen molar-refractivity contribution in [3.63, 3.8) is 0 Å². The van der Waals surface area contributed by atoms with E-state index in [9.17, 15) is 22.8 Å². The molecule has 174 valence electrons. The zero-order chi connectivity index (χ0) is 22.7. The number of nitrogens with zero attached hydrogens (tertiary/aromatic N) is 2. The number of nitrogens with one attached hydrogen (secondary N) is 1. The van der Waals surface area contributed by atoms with Gasteiger partial charge in [-0.25, -0.2) is 9.78 Å². The average Bonchev–Trinajstić information content (AvgIpc) is 3.18. The zero-order valence-corrected chi connectivity index (χ0v) is 17.6. The molecule has 2 heterocycles. The predicted octanol–water partition coefficient (Wildman–Crippen LogP) is 3.40. The Morgan fingerprint density at radius 3 is 2.50 bits per heavy atom. The molecule has 1 saturated heterocycles. The number of pyridine rings is 1. The molecule has 3 atom stereocenters. The van der Waals surface area contributed by atoms with Gasteiger partial charge in [-0.2, -0.15) is 13.2 Å². The normalized spacial score (nSPS) is 35.7. The summed E-state index contributed by atoms with van der Waals surface area (Å²) in [6.07, 6.45) is 0.739. The van der Waals surface area contributed by atoms with Crippen molar-refractivity contribution in [1.82, 2.24) is 9.88 Å². The SMILES string of the molecule is NC(=O)C12CC3CC(C1)C(OC(=O)N1CC[C@H](Nc4ccc(C(F)(F)F)cn4)C1)C(C3)C2. The summed E-state index contributed by atoms with van der Waals surface area (Å²) in [7, 11) is 0. The minimum atomic E-state index is -4.42. The van der Waals surface area contributed by atoms with E-state index in [0.29, 0.717) is 44.1 Å². The summed E-state index contributed by atoms with van der Waals surface area (Å²) in [6.45, 7) is 0.907. The van der Waals surface area contributed by atoms with Crippen LogP contribution in [0.1, 0.15) is 44.1 Å². The first-order valence-corrected chi connectivity index (χ1v) is 11.2. The summed E-state index contributed by atoms with van der Waals surface area (Å²) in [5.41, 5.74) is 4.51. The van der Waals surface area contributed by atoms with E-state index in [2.05, 4.69) is 10.3 Å². The summed E-state index contributed by atoms with van der Waals surface area (Å²) < 4.78 is 44.0. The van der Waals surface area contributed by atoms with Gasteiger partial charge >= 0.3 is 12.3 Å². The Kier molecular flexibility index (Phi) is 5.01. The molecule has 2 amide bonds. The van der Waals surface area contributed by atoms with Gasteiger partial charge in [0, 0.05) is 25.3 Å². The van der Waals surface area contributed by atoms with E-state index >= 15 is 0 Å². The first kappa shape index (κ1) is 21.3. The lowest BCUT2D eigenvalue weighted by atomic mass is 9.48. The van der Waals surface area contributed by atoms with Crippen LogP contribution in [0.3, 0.4) is 0 Å². The largest absolute Gasteiger partial charge is 0.446 e. The number of halogens is 3. The summed E-state index contributed by atoms with van der Waals surface area (Å²) in [6, 6.07) is 2.18. The number of primary amides is 1. The fourth-order valence-corrected chi connectivity index (χ4v) is 6.56. The average molecular weight is 452 g/mol. The molecule has 4 saturated carbocycles. The molecule has 5 fully saturated rings. The Morgan fingerprint density at radius 2 is 1.91 bits per heavy atom. The molecule has 4 aliphatic carbocycles. The van der Waals surface area contributed by atoms with Crippen molar-refractivity contribution in [3.05, 3.63) is 23.9 Å². The lowest BCUT2D eigenvalue weighted by molar-refractivity contribution is -0.161. The molecule has 0 aromatic carbocycles. The van der Waals surface area contributed by atoms with Gasteiger partial charge in [0.15, 0.2) is 0 Å². The Hall–Kier alpha value is -2.52. The number of likely N-dealkylation sites (tertiary alicyclic amines) is 1. The molecule has 10 heteroatoms. The summed E-state index contributed by atoms with van der Waals surface area (Å²) in [4.78, 5) is 30.4. The first-order chi connectivity index (χ1) is 15.1. The number of amides is 2. The molecule has 4 bridgehead atoms.